The second kappa shape index (κ2) is 4.11. The van der Waals surface area contributed by atoms with E-state index in [0.29, 0.717) is 6.54 Å². The molecule has 0 aliphatic carbocycles. The Hall–Kier alpha value is -0.870. The molecule has 1 aromatic rings. The molecule has 0 aromatic carbocycles. The average molecular weight is 210 g/mol. The Morgan fingerprint density at radius 1 is 1.64 bits per heavy atom. The van der Waals surface area contributed by atoms with Crippen LogP contribution < -0.4 is 10.6 Å². The molecular formula is C10H14N2OS. The van der Waals surface area contributed by atoms with Crippen LogP contribution in [-0.2, 0) is 11.3 Å². The number of hydrogen-bond donors (Lipinski definition) is 2. The van der Waals surface area contributed by atoms with Crippen molar-refractivity contribution in [3.05, 3.63) is 21.9 Å². The van der Waals surface area contributed by atoms with Gasteiger partial charge in [-0.25, -0.2) is 0 Å². The molecule has 3 nitrogen and oxygen atoms in total. The van der Waals surface area contributed by atoms with Crippen molar-refractivity contribution in [1.82, 2.24) is 10.6 Å². The summed E-state index contributed by atoms with van der Waals surface area (Å²) < 4.78 is 0. The maximum absolute atomic E-state index is 11.5. The number of carbonyl (C=O) groups is 1. The van der Waals surface area contributed by atoms with E-state index in [-0.39, 0.29) is 11.8 Å². The molecule has 0 atom stereocenters. The number of hydrogen-bond acceptors (Lipinski definition) is 3. The van der Waals surface area contributed by atoms with E-state index in [4.69, 9.17) is 0 Å². The third-order valence-corrected chi connectivity index (χ3v) is 3.39. The largest absolute Gasteiger partial charge is 0.351 e. The van der Waals surface area contributed by atoms with Gasteiger partial charge in [0.05, 0.1) is 12.5 Å². The highest BCUT2D eigenvalue weighted by molar-refractivity contribution is 7.11. The zero-order chi connectivity index (χ0) is 9.97. The Kier molecular flexibility index (Phi) is 2.84. The van der Waals surface area contributed by atoms with E-state index in [1.165, 1.54) is 9.75 Å². The van der Waals surface area contributed by atoms with Gasteiger partial charge in [0.25, 0.3) is 0 Å². The molecular weight excluding hydrogens is 196 g/mol. The van der Waals surface area contributed by atoms with Crippen LogP contribution in [0.1, 0.15) is 9.75 Å². The van der Waals surface area contributed by atoms with Crippen LogP contribution in [0.15, 0.2) is 12.1 Å². The zero-order valence-corrected chi connectivity index (χ0v) is 8.99. The summed E-state index contributed by atoms with van der Waals surface area (Å²) in [4.78, 5) is 14.0. The van der Waals surface area contributed by atoms with E-state index in [2.05, 4.69) is 29.7 Å². The zero-order valence-electron chi connectivity index (χ0n) is 8.17. The van der Waals surface area contributed by atoms with Crippen molar-refractivity contribution < 1.29 is 4.79 Å². The van der Waals surface area contributed by atoms with E-state index in [9.17, 15) is 4.79 Å². The average Bonchev–Trinajstić information content (AvgIpc) is 2.45. The highest BCUT2D eigenvalue weighted by Crippen LogP contribution is 2.14. The minimum absolute atomic E-state index is 0.176. The molecule has 0 spiro atoms. The summed E-state index contributed by atoms with van der Waals surface area (Å²) >= 11 is 1.74. The summed E-state index contributed by atoms with van der Waals surface area (Å²) in [5.74, 6) is 0.367. The van der Waals surface area contributed by atoms with Gasteiger partial charge in [-0.3, -0.25) is 4.79 Å². The van der Waals surface area contributed by atoms with Gasteiger partial charge in [0.2, 0.25) is 5.91 Å². The van der Waals surface area contributed by atoms with Crippen LogP contribution in [0.2, 0.25) is 0 Å². The minimum Gasteiger partial charge on any atom is -0.351 e. The molecule has 1 fully saturated rings. The molecule has 2 heterocycles. The topological polar surface area (TPSA) is 41.1 Å². The number of carbonyl (C=O) groups excluding carboxylic acids is 1. The van der Waals surface area contributed by atoms with Crippen LogP contribution in [0.3, 0.4) is 0 Å². The lowest BCUT2D eigenvalue weighted by Gasteiger charge is -2.25. The van der Waals surface area contributed by atoms with Gasteiger partial charge in [-0.2, -0.15) is 0 Å². The molecule has 0 saturated carbocycles. The normalized spacial score (nSPS) is 16.4. The van der Waals surface area contributed by atoms with Crippen molar-refractivity contribution in [2.24, 2.45) is 5.92 Å². The van der Waals surface area contributed by atoms with Gasteiger partial charge in [0.15, 0.2) is 0 Å². The Bertz CT molecular complexity index is 331. The quantitative estimate of drug-likeness (QED) is 0.778. The first-order valence-electron chi connectivity index (χ1n) is 4.79. The van der Waals surface area contributed by atoms with E-state index < -0.39 is 0 Å². The molecule has 1 amide bonds. The first kappa shape index (κ1) is 9.68. The van der Waals surface area contributed by atoms with E-state index >= 15 is 0 Å². The fourth-order valence-corrected chi connectivity index (χ4v) is 2.20. The van der Waals surface area contributed by atoms with Crippen molar-refractivity contribution in [3.8, 4) is 0 Å². The van der Waals surface area contributed by atoms with Crippen LogP contribution in [-0.4, -0.2) is 19.0 Å². The summed E-state index contributed by atoms with van der Waals surface area (Å²) in [7, 11) is 0. The highest BCUT2D eigenvalue weighted by Gasteiger charge is 2.24. The van der Waals surface area contributed by atoms with Crippen LogP contribution in [0.4, 0.5) is 0 Å². The summed E-state index contributed by atoms with van der Waals surface area (Å²) in [6, 6.07) is 4.15. The summed E-state index contributed by atoms with van der Waals surface area (Å²) in [6.07, 6.45) is 0. The molecule has 1 saturated heterocycles. The van der Waals surface area contributed by atoms with Crippen molar-refractivity contribution >= 4 is 17.2 Å². The van der Waals surface area contributed by atoms with E-state index in [1.807, 2.05) is 0 Å². The minimum atomic E-state index is 0.176. The Morgan fingerprint density at radius 2 is 2.43 bits per heavy atom. The number of amides is 1. The van der Waals surface area contributed by atoms with Gasteiger partial charge >= 0.3 is 0 Å². The predicted octanol–water partition coefficient (Wildman–Crippen LogP) is 0.892. The maximum Gasteiger partial charge on any atom is 0.225 e. The molecule has 0 radical (unpaired) electrons. The third-order valence-electron chi connectivity index (χ3n) is 2.39. The number of rotatable bonds is 3. The Labute approximate surface area is 87.5 Å². The van der Waals surface area contributed by atoms with Crippen LogP contribution >= 0.6 is 11.3 Å². The van der Waals surface area contributed by atoms with Gasteiger partial charge in [-0.05, 0) is 19.1 Å². The second-order valence-corrected chi connectivity index (χ2v) is 4.96. The van der Waals surface area contributed by atoms with E-state index in [1.54, 1.807) is 11.3 Å². The van der Waals surface area contributed by atoms with Crippen LogP contribution in [0, 0.1) is 12.8 Å². The lowest BCUT2D eigenvalue weighted by atomic mass is 10.0. The molecule has 1 aliphatic rings. The highest BCUT2D eigenvalue weighted by atomic mass is 32.1. The number of thiophene rings is 1. The SMILES string of the molecule is Cc1ccc(CNC(=O)C2CNC2)s1. The molecule has 0 bridgehead atoms. The lowest BCUT2D eigenvalue weighted by Crippen LogP contribution is -2.50. The summed E-state index contributed by atoms with van der Waals surface area (Å²) in [5.41, 5.74) is 0. The van der Waals surface area contributed by atoms with Gasteiger partial charge < -0.3 is 10.6 Å². The van der Waals surface area contributed by atoms with Crippen LogP contribution in [0.25, 0.3) is 0 Å². The molecule has 14 heavy (non-hydrogen) atoms. The first-order chi connectivity index (χ1) is 6.75. The van der Waals surface area contributed by atoms with Gasteiger partial charge in [-0.1, -0.05) is 0 Å². The first-order valence-corrected chi connectivity index (χ1v) is 5.61. The fraction of sp³-hybridized carbons (Fsp3) is 0.500. The maximum atomic E-state index is 11.5. The van der Waals surface area contributed by atoms with Gasteiger partial charge in [0.1, 0.15) is 0 Å². The van der Waals surface area contributed by atoms with E-state index in [0.717, 1.165) is 13.1 Å². The Morgan fingerprint density at radius 3 is 2.93 bits per heavy atom. The molecule has 1 aromatic heterocycles. The summed E-state index contributed by atoms with van der Waals surface area (Å²) in [6.45, 7) is 4.41. The predicted molar refractivity (Wildman–Crippen MR) is 57.3 cm³/mol. The Balaban J connectivity index is 1.79. The molecule has 0 unspecified atom stereocenters. The molecule has 4 heteroatoms. The fourth-order valence-electron chi connectivity index (χ4n) is 1.37. The monoisotopic (exact) mass is 210 g/mol. The third kappa shape index (κ3) is 2.13. The van der Waals surface area contributed by atoms with Crippen LogP contribution in [0.5, 0.6) is 0 Å². The smallest absolute Gasteiger partial charge is 0.225 e. The van der Waals surface area contributed by atoms with Gasteiger partial charge in [-0.15, -0.1) is 11.3 Å². The van der Waals surface area contributed by atoms with Crippen molar-refractivity contribution in [2.45, 2.75) is 13.5 Å². The second-order valence-electron chi connectivity index (χ2n) is 3.59. The van der Waals surface area contributed by atoms with Gasteiger partial charge in [0, 0.05) is 22.8 Å². The van der Waals surface area contributed by atoms with Crippen molar-refractivity contribution in [2.75, 3.05) is 13.1 Å². The summed E-state index contributed by atoms with van der Waals surface area (Å²) in [5, 5.41) is 6.03. The number of aryl methyl sites for hydroxylation is 1. The molecule has 76 valence electrons. The molecule has 2 rings (SSSR count). The number of nitrogens with one attached hydrogen (secondary N) is 2. The van der Waals surface area contributed by atoms with Crippen molar-refractivity contribution in [1.29, 1.82) is 0 Å². The van der Waals surface area contributed by atoms with Crippen molar-refractivity contribution in [3.63, 3.8) is 0 Å². The molecule has 1 aliphatic heterocycles. The molecule has 2 N–H and O–H groups in total. The lowest BCUT2D eigenvalue weighted by molar-refractivity contribution is -0.126. The standard InChI is InChI=1S/C10H14N2OS/c1-7-2-3-9(14-7)6-12-10(13)8-4-11-5-8/h2-3,8,11H,4-6H2,1H3,(H,12,13).